The van der Waals surface area contributed by atoms with Gasteiger partial charge in [-0.05, 0) is 48.7 Å². The lowest BCUT2D eigenvalue weighted by Gasteiger charge is -2.13. The van der Waals surface area contributed by atoms with Crippen molar-refractivity contribution in [1.82, 2.24) is 5.32 Å². The molecule has 114 valence electrons. The molecule has 0 saturated heterocycles. The number of furan rings is 1. The normalized spacial score (nSPS) is 14.6. The molecule has 1 amide bonds. The van der Waals surface area contributed by atoms with E-state index in [1.54, 1.807) is 24.5 Å². The summed E-state index contributed by atoms with van der Waals surface area (Å²) in [6.07, 6.45) is 6.50. The molecule has 1 aromatic heterocycles. The number of ether oxygens (including phenoxy) is 1. The fourth-order valence-corrected chi connectivity index (χ4v) is 2.61. The van der Waals surface area contributed by atoms with Crippen LogP contribution in [0.25, 0.3) is 6.08 Å². The molecule has 2 heterocycles. The van der Waals surface area contributed by atoms with E-state index in [1.165, 1.54) is 17.2 Å². The largest absolute Gasteiger partial charge is 0.493 e. The Morgan fingerprint density at radius 2 is 2.32 bits per heavy atom. The summed E-state index contributed by atoms with van der Waals surface area (Å²) in [7, 11) is 0. The van der Waals surface area contributed by atoms with Gasteiger partial charge in [0.05, 0.1) is 12.9 Å². The first-order valence-corrected chi connectivity index (χ1v) is 7.47. The molecule has 0 radical (unpaired) electrons. The van der Waals surface area contributed by atoms with Crippen LogP contribution in [0.3, 0.4) is 0 Å². The van der Waals surface area contributed by atoms with E-state index in [2.05, 4.69) is 17.4 Å². The SMILES string of the molecule is C[C@H](Cc1ccc2c(c1)CCO2)NC(=O)/C=C/c1ccco1. The van der Waals surface area contributed by atoms with Crippen molar-refractivity contribution in [1.29, 1.82) is 0 Å². The van der Waals surface area contributed by atoms with Crippen LogP contribution < -0.4 is 10.1 Å². The molecule has 4 heteroatoms. The van der Waals surface area contributed by atoms with E-state index in [4.69, 9.17) is 9.15 Å². The third-order valence-corrected chi connectivity index (χ3v) is 3.63. The first kappa shape index (κ1) is 14.4. The van der Waals surface area contributed by atoms with Crippen molar-refractivity contribution in [3.8, 4) is 5.75 Å². The molecule has 0 unspecified atom stereocenters. The zero-order valence-electron chi connectivity index (χ0n) is 12.5. The van der Waals surface area contributed by atoms with Crippen LogP contribution in [0.2, 0.25) is 0 Å². The van der Waals surface area contributed by atoms with Gasteiger partial charge in [0.15, 0.2) is 0 Å². The highest BCUT2D eigenvalue weighted by Crippen LogP contribution is 2.26. The second-order valence-electron chi connectivity index (χ2n) is 5.50. The van der Waals surface area contributed by atoms with Crippen molar-refractivity contribution in [2.45, 2.75) is 25.8 Å². The molecule has 0 spiro atoms. The predicted molar refractivity (Wildman–Crippen MR) is 84.7 cm³/mol. The second-order valence-corrected chi connectivity index (χ2v) is 5.50. The maximum atomic E-state index is 11.9. The average Bonchev–Trinajstić information content (AvgIpc) is 3.15. The monoisotopic (exact) mass is 297 g/mol. The second kappa shape index (κ2) is 6.52. The summed E-state index contributed by atoms with van der Waals surface area (Å²) in [5, 5.41) is 2.96. The third kappa shape index (κ3) is 3.58. The van der Waals surface area contributed by atoms with Gasteiger partial charge in [0, 0.05) is 18.5 Å². The van der Waals surface area contributed by atoms with Gasteiger partial charge in [-0.1, -0.05) is 12.1 Å². The van der Waals surface area contributed by atoms with Gasteiger partial charge in [0.2, 0.25) is 5.91 Å². The fourth-order valence-electron chi connectivity index (χ4n) is 2.61. The van der Waals surface area contributed by atoms with Gasteiger partial charge in [-0.15, -0.1) is 0 Å². The number of carbonyl (C=O) groups is 1. The van der Waals surface area contributed by atoms with Crippen LogP contribution in [0.4, 0.5) is 0 Å². The molecule has 0 bridgehead atoms. The Labute approximate surface area is 129 Å². The van der Waals surface area contributed by atoms with Crippen LogP contribution in [0.15, 0.2) is 47.1 Å². The molecule has 4 nitrogen and oxygen atoms in total. The molecular weight excluding hydrogens is 278 g/mol. The summed E-state index contributed by atoms with van der Waals surface area (Å²) < 4.78 is 10.7. The molecule has 1 aromatic carbocycles. The van der Waals surface area contributed by atoms with Gasteiger partial charge in [0.25, 0.3) is 0 Å². The number of hydrogen-bond donors (Lipinski definition) is 1. The highest BCUT2D eigenvalue weighted by Gasteiger charge is 2.13. The molecule has 0 aliphatic carbocycles. The molecular formula is C18H19NO3. The zero-order valence-corrected chi connectivity index (χ0v) is 12.5. The quantitative estimate of drug-likeness (QED) is 0.863. The Kier molecular flexibility index (Phi) is 4.28. The number of fused-ring (bicyclic) bond motifs is 1. The van der Waals surface area contributed by atoms with E-state index in [9.17, 15) is 4.79 Å². The van der Waals surface area contributed by atoms with Gasteiger partial charge in [-0.2, -0.15) is 0 Å². The van der Waals surface area contributed by atoms with Crippen molar-refractivity contribution >= 4 is 12.0 Å². The Balaban J connectivity index is 1.53. The Morgan fingerprint density at radius 1 is 1.41 bits per heavy atom. The molecule has 3 rings (SSSR count). The molecule has 1 aliphatic heterocycles. The topological polar surface area (TPSA) is 51.5 Å². The van der Waals surface area contributed by atoms with E-state index < -0.39 is 0 Å². The van der Waals surface area contributed by atoms with Gasteiger partial charge in [-0.3, -0.25) is 4.79 Å². The number of hydrogen-bond acceptors (Lipinski definition) is 3. The Morgan fingerprint density at radius 3 is 3.14 bits per heavy atom. The number of amides is 1. The lowest BCUT2D eigenvalue weighted by molar-refractivity contribution is -0.117. The minimum Gasteiger partial charge on any atom is -0.493 e. The minimum absolute atomic E-state index is 0.0640. The molecule has 1 atom stereocenters. The lowest BCUT2D eigenvalue weighted by Crippen LogP contribution is -2.32. The number of rotatable bonds is 5. The Hall–Kier alpha value is -2.49. The van der Waals surface area contributed by atoms with Crippen LogP contribution in [0, 0.1) is 0 Å². The zero-order chi connectivity index (χ0) is 15.4. The van der Waals surface area contributed by atoms with E-state index >= 15 is 0 Å². The van der Waals surface area contributed by atoms with Crippen molar-refractivity contribution in [3.05, 3.63) is 59.6 Å². The molecule has 22 heavy (non-hydrogen) atoms. The first-order chi connectivity index (χ1) is 10.7. The Bertz CT molecular complexity index is 674. The summed E-state index contributed by atoms with van der Waals surface area (Å²) in [6.45, 7) is 2.77. The molecule has 1 N–H and O–H groups in total. The third-order valence-electron chi connectivity index (χ3n) is 3.63. The van der Waals surface area contributed by atoms with Crippen molar-refractivity contribution in [2.24, 2.45) is 0 Å². The van der Waals surface area contributed by atoms with E-state index in [0.29, 0.717) is 5.76 Å². The van der Waals surface area contributed by atoms with Crippen LogP contribution in [-0.2, 0) is 17.6 Å². The van der Waals surface area contributed by atoms with Crippen LogP contribution in [0.5, 0.6) is 5.75 Å². The summed E-state index contributed by atoms with van der Waals surface area (Å²) in [4.78, 5) is 11.9. The number of benzene rings is 1. The maximum Gasteiger partial charge on any atom is 0.244 e. The van der Waals surface area contributed by atoms with Crippen LogP contribution >= 0.6 is 0 Å². The van der Waals surface area contributed by atoms with Gasteiger partial charge in [0.1, 0.15) is 11.5 Å². The molecule has 1 aliphatic rings. The highest BCUT2D eigenvalue weighted by molar-refractivity contribution is 5.91. The summed E-state index contributed by atoms with van der Waals surface area (Å²) in [5.74, 6) is 1.54. The van der Waals surface area contributed by atoms with Crippen molar-refractivity contribution in [3.63, 3.8) is 0 Å². The van der Waals surface area contributed by atoms with Crippen molar-refractivity contribution < 1.29 is 13.9 Å². The van der Waals surface area contributed by atoms with Crippen LogP contribution in [-0.4, -0.2) is 18.6 Å². The van der Waals surface area contributed by atoms with E-state index in [1.807, 2.05) is 13.0 Å². The van der Waals surface area contributed by atoms with Gasteiger partial charge < -0.3 is 14.5 Å². The number of nitrogens with one attached hydrogen (secondary N) is 1. The van der Waals surface area contributed by atoms with Gasteiger partial charge in [-0.25, -0.2) is 0 Å². The van der Waals surface area contributed by atoms with E-state index in [-0.39, 0.29) is 11.9 Å². The first-order valence-electron chi connectivity index (χ1n) is 7.47. The summed E-state index contributed by atoms with van der Waals surface area (Å²) in [6, 6.07) is 9.91. The molecule has 0 saturated carbocycles. The summed E-state index contributed by atoms with van der Waals surface area (Å²) in [5.41, 5.74) is 2.47. The number of carbonyl (C=O) groups excluding carboxylic acids is 1. The standard InChI is InChI=1S/C18H19NO3/c1-13(19-18(20)7-5-16-3-2-9-21-16)11-14-4-6-17-15(12-14)8-10-22-17/h2-7,9,12-13H,8,10-11H2,1H3,(H,19,20)/b7-5+/t13-/m1/s1. The summed E-state index contributed by atoms with van der Waals surface area (Å²) >= 11 is 0. The minimum atomic E-state index is -0.117. The van der Waals surface area contributed by atoms with Crippen LogP contribution in [0.1, 0.15) is 23.8 Å². The average molecular weight is 297 g/mol. The van der Waals surface area contributed by atoms with Gasteiger partial charge >= 0.3 is 0 Å². The predicted octanol–water partition coefficient (Wildman–Crippen LogP) is 2.98. The molecule has 0 fully saturated rings. The smallest absolute Gasteiger partial charge is 0.244 e. The lowest BCUT2D eigenvalue weighted by atomic mass is 10.0. The maximum absolute atomic E-state index is 11.9. The van der Waals surface area contributed by atoms with Crippen molar-refractivity contribution in [2.75, 3.05) is 6.61 Å². The fraction of sp³-hybridized carbons (Fsp3) is 0.278. The van der Waals surface area contributed by atoms with E-state index in [0.717, 1.165) is 25.2 Å². The highest BCUT2D eigenvalue weighted by atomic mass is 16.5. The molecule has 2 aromatic rings.